The Morgan fingerprint density at radius 3 is 2.81 bits per heavy atom. The maximum absolute atomic E-state index is 11.7. The summed E-state index contributed by atoms with van der Waals surface area (Å²) in [6.45, 7) is 2.46. The van der Waals surface area contributed by atoms with E-state index >= 15 is 0 Å². The lowest BCUT2D eigenvalue weighted by Crippen LogP contribution is -2.30. The van der Waals surface area contributed by atoms with E-state index in [4.69, 9.17) is 5.11 Å². The fourth-order valence-electron chi connectivity index (χ4n) is 1.88. The van der Waals surface area contributed by atoms with Crippen LogP contribution >= 0.6 is 0 Å². The molecule has 0 aliphatic carbocycles. The van der Waals surface area contributed by atoms with E-state index in [-0.39, 0.29) is 12.3 Å². The maximum atomic E-state index is 11.7. The van der Waals surface area contributed by atoms with Crippen LogP contribution in [0.2, 0.25) is 0 Å². The number of nitrogens with one attached hydrogen (secondary N) is 1. The molecule has 1 amide bonds. The van der Waals surface area contributed by atoms with Crippen LogP contribution in [0, 0.1) is 5.92 Å². The Morgan fingerprint density at radius 1 is 1.50 bits per heavy atom. The van der Waals surface area contributed by atoms with Crippen LogP contribution in [0.25, 0.3) is 0 Å². The summed E-state index contributed by atoms with van der Waals surface area (Å²) in [5, 5.41) is 11.7. The highest BCUT2D eigenvalue weighted by molar-refractivity contribution is 5.76. The van der Waals surface area contributed by atoms with Crippen LogP contribution in [0.15, 0.2) is 0 Å². The predicted octanol–water partition coefficient (Wildman–Crippen LogP) is 0.309. The molecule has 1 fully saturated rings. The van der Waals surface area contributed by atoms with Crippen molar-refractivity contribution in [1.82, 2.24) is 10.2 Å². The first kappa shape index (κ1) is 13.0. The molecule has 5 heteroatoms. The van der Waals surface area contributed by atoms with Crippen LogP contribution in [0.3, 0.4) is 0 Å². The maximum Gasteiger partial charge on any atom is 0.303 e. The highest BCUT2D eigenvalue weighted by atomic mass is 16.4. The van der Waals surface area contributed by atoms with Crippen LogP contribution < -0.4 is 5.32 Å². The van der Waals surface area contributed by atoms with E-state index in [1.54, 1.807) is 11.9 Å². The Bertz CT molecular complexity index is 250. The lowest BCUT2D eigenvalue weighted by Gasteiger charge is -2.18. The molecule has 92 valence electrons. The predicted molar refractivity (Wildman–Crippen MR) is 60.1 cm³/mol. The van der Waals surface area contributed by atoms with Crippen molar-refractivity contribution in [2.45, 2.75) is 25.7 Å². The molecule has 1 saturated heterocycles. The van der Waals surface area contributed by atoms with Crippen molar-refractivity contribution in [3.63, 3.8) is 0 Å². The van der Waals surface area contributed by atoms with Crippen LogP contribution in [-0.4, -0.2) is 48.6 Å². The summed E-state index contributed by atoms with van der Waals surface area (Å²) in [5.41, 5.74) is 0. The Hall–Kier alpha value is -1.10. The molecular weight excluding hydrogens is 208 g/mol. The molecule has 0 aromatic rings. The van der Waals surface area contributed by atoms with Crippen molar-refractivity contribution in [3.8, 4) is 0 Å². The van der Waals surface area contributed by atoms with Gasteiger partial charge in [0, 0.05) is 26.4 Å². The molecule has 0 aromatic carbocycles. The lowest BCUT2D eigenvalue weighted by atomic mass is 10.0. The van der Waals surface area contributed by atoms with Gasteiger partial charge in [-0.25, -0.2) is 0 Å². The highest BCUT2D eigenvalue weighted by Gasteiger charge is 2.19. The number of carboxylic acid groups (broad SMARTS) is 1. The molecule has 1 atom stereocenters. The molecule has 0 bridgehead atoms. The molecule has 1 aliphatic heterocycles. The smallest absolute Gasteiger partial charge is 0.303 e. The van der Waals surface area contributed by atoms with Crippen LogP contribution in [0.1, 0.15) is 25.7 Å². The van der Waals surface area contributed by atoms with Gasteiger partial charge in [-0.1, -0.05) is 0 Å². The van der Waals surface area contributed by atoms with Gasteiger partial charge in [0.2, 0.25) is 5.91 Å². The number of aliphatic carboxylic acids is 1. The molecule has 1 rings (SSSR count). The monoisotopic (exact) mass is 228 g/mol. The summed E-state index contributed by atoms with van der Waals surface area (Å²) in [7, 11) is 1.74. The fourth-order valence-corrected chi connectivity index (χ4v) is 1.88. The Kier molecular flexibility index (Phi) is 5.25. The highest BCUT2D eigenvalue weighted by Crippen LogP contribution is 2.13. The molecule has 5 nitrogen and oxygen atoms in total. The molecule has 1 heterocycles. The molecule has 1 aliphatic rings. The summed E-state index contributed by atoms with van der Waals surface area (Å²) in [5.74, 6) is -0.227. The minimum atomic E-state index is -0.805. The summed E-state index contributed by atoms with van der Waals surface area (Å²) in [6.07, 6.45) is 2.30. The quantitative estimate of drug-likeness (QED) is 0.686. The molecule has 1 unspecified atom stereocenters. The molecule has 0 radical (unpaired) electrons. The van der Waals surface area contributed by atoms with E-state index in [0.29, 0.717) is 25.3 Å². The van der Waals surface area contributed by atoms with E-state index in [0.717, 1.165) is 19.5 Å². The van der Waals surface area contributed by atoms with E-state index in [1.807, 2.05) is 0 Å². The van der Waals surface area contributed by atoms with Gasteiger partial charge in [-0.3, -0.25) is 9.59 Å². The third-order valence-corrected chi connectivity index (χ3v) is 2.94. The van der Waals surface area contributed by atoms with Crippen molar-refractivity contribution in [2.75, 3.05) is 26.7 Å². The summed E-state index contributed by atoms with van der Waals surface area (Å²) >= 11 is 0. The van der Waals surface area contributed by atoms with Crippen LogP contribution in [0.4, 0.5) is 0 Å². The lowest BCUT2D eigenvalue weighted by molar-refractivity contribution is -0.138. The van der Waals surface area contributed by atoms with E-state index in [9.17, 15) is 9.59 Å². The Morgan fingerprint density at radius 2 is 2.25 bits per heavy atom. The SMILES string of the molecule is CN(CCCC(=O)O)C(=O)CC1CCNC1. The molecule has 2 N–H and O–H groups in total. The number of carboxylic acids is 1. The summed E-state index contributed by atoms with van der Waals surface area (Å²) in [6, 6.07) is 0. The first-order chi connectivity index (χ1) is 7.59. The van der Waals surface area contributed by atoms with E-state index in [1.165, 1.54) is 0 Å². The second-order valence-corrected chi connectivity index (χ2v) is 4.38. The van der Waals surface area contributed by atoms with Gasteiger partial charge >= 0.3 is 5.97 Å². The van der Waals surface area contributed by atoms with Crippen molar-refractivity contribution in [2.24, 2.45) is 5.92 Å². The minimum Gasteiger partial charge on any atom is -0.481 e. The summed E-state index contributed by atoms with van der Waals surface area (Å²) < 4.78 is 0. The van der Waals surface area contributed by atoms with Crippen LogP contribution in [-0.2, 0) is 9.59 Å². The third kappa shape index (κ3) is 4.61. The van der Waals surface area contributed by atoms with Gasteiger partial charge < -0.3 is 15.3 Å². The average molecular weight is 228 g/mol. The van der Waals surface area contributed by atoms with Gasteiger partial charge in [0.15, 0.2) is 0 Å². The van der Waals surface area contributed by atoms with Crippen molar-refractivity contribution in [1.29, 1.82) is 0 Å². The number of nitrogens with zero attached hydrogens (tertiary/aromatic N) is 1. The second-order valence-electron chi connectivity index (χ2n) is 4.38. The standard InChI is InChI=1S/C11H20N2O3/c1-13(6-2-3-11(15)16)10(14)7-9-4-5-12-8-9/h9,12H,2-8H2,1H3,(H,15,16). The number of hydrogen-bond donors (Lipinski definition) is 2. The van der Waals surface area contributed by atoms with Crippen molar-refractivity contribution < 1.29 is 14.7 Å². The molecule has 16 heavy (non-hydrogen) atoms. The minimum absolute atomic E-state index is 0.124. The molecule has 0 spiro atoms. The topological polar surface area (TPSA) is 69.6 Å². The third-order valence-electron chi connectivity index (χ3n) is 2.94. The Balaban J connectivity index is 2.16. The average Bonchev–Trinajstić information content (AvgIpc) is 2.69. The number of rotatable bonds is 6. The van der Waals surface area contributed by atoms with Gasteiger partial charge in [-0.2, -0.15) is 0 Å². The van der Waals surface area contributed by atoms with Crippen molar-refractivity contribution >= 4 is 11.9 Å². The zero-order chi connectivity index (χ0) is 12.0. The fraction of sp³-hybridized carbons (Fsp3) is 0.818. The zero-order valence-corrected chi connectivity index (χ0v) is 9.74. The number of carbonyl (C=O) groups is 2. The van der Waals surface area contributed by atoms with Gasteiger partial charge in [0.05, 0.1) is 0 Å². The van der Waals surface area contributed by atoms with Gasteiger partial charge in [-0.05, 0) is 31.8 Å². The first-order valence-electron chi connectivity index (χ1n) is 5.76. The second kappa shape index (κ2) is 6.48. The van der Waals surface area contributed by atoms with Gasteiger partial charge in [0.1, 0.15) is 0 Å². The van der Waals surface area contributed by atoms with Crippen molar-refractivity contribution in [3.05, 3.63) is 0 Å². The normalized spacial score (nSPS) is 19.7. The van der Waals surface area contributed by atoms with Gasteiger partial charge in [-0.15, -0.1) is 0 Å². The molecular formula is C11H20N2O3. The van der Waals surface area contributed by atoms with E-state index < -0.39 is 5.97 Å². The zero-order valence-electron chi connectivity index (χ0n) is 9.74. The summed E-state index contributed by atoms with van der Waals surface area (Å²) in [4.78, 5) is 23.7. The number of carbonyl (C=O) groups excluding carboxylic acids is 1. The number of hydrogen-bond acceptors (Lipinski definition) is 3. The Labute approximate surface area is 95.8 Å². The van der Waals surface area contributed by atoms with Gasteiger partial charge in [0.25, 0.3) is 0 Å². The largest absolute Gasteiger partial charge is 0.481 e. The van der Waals surface area contributed by atoms with Crippen LogP contribution in [0.5, 0.6) is 0 Å². The molecule has 0 aromatic heterocycles. The first-order valence-corrected chi connectivity index (χ1v) is 5.76. The number of amides is 1. The van der Waals surface area contributed by atoms with E-state index in [2.05, 4.69) is 5.32 Å². The molecule has 0 saturated carbocycles.